The average molecular weight is 304 g/mol. The summed E-state index contributed by atoms with van der Waals surface area (Å²) in [5, 5.41) is 9.51. The van der Waals surface area contributed by atoms with E-state index >= 15 is 0 Å². The van der Waals surface area contributed by atoms with Crippen LogP contribution in [0.5, 0.6) is 0 Å². The van der Waals surface area contributed by atoms with E-state index in [4.69, 9.17) is 4.74 Å². The maximum atomic E-state index is 9.51. The monoisotopic (exact) mass is 304 g/mol. The Morgan fingerprint density at radius 3 is 2.64 bits per heavy atom. The molecule has 2 unspecified atom stereocenters. The number of halogens is 1. The van der Waals surface area contributed by atoms with Crippen molar-refractivity contribution in [3.63, 3.8) is 0 Å². The zero-order valence-corrected chi connectivity index (χ0v) is 9.98. The van der Waals surface area contributed by atoms with Crippen molar-refractivity contribution in [2.24, 2.45) is 0 Å². The maximum absolute atomic E-state index is 9.51. The van der Waals surface area contributed by atoms with Gasteiger partial charge in [0.25, 0.3) is 0 Å². The predicted molar refractivity (Wildman–Crippen MR) is 63.1 cm³/mol. The number of rotatable bonds is 1. The molecular formula is C11H13IO2. The first-order valence-electron chi connectivity index (χ1n) is 4.81. The SMILES string of the molecule is OC1CCOC(c2ccc(I)cc2)C1. The van der Waals surface area contributed by atoms with E-state index in [1.54, 1.807) is 0 Å². The lowest BCUT2D eigenvalue weighted by Gasteiger charge is -2.26. The summed E-state index contributed by atoms with van der Waals surface area (Å²) in [6.07, 6.45) is 1.37. The molecule has 0 bridgehead atoms. The second-order valence-electron chi connectivity index (χ2n) is 3.59. The van der Waals surface area contributed by atoms with Crippen molar-refractivity contribution < 1.29 is 9.84 Å². The van der Waals surface area contributed by atoms with Gasteiger partial charge in [0.15, 0.2) is 0 Å². The van der Waals surface area contributed by atoms with Crippen LogP contribution in [0.4, 0.5) is 0 Å². The van der Waals surface area contributed by atoms with Crippen molar-refractivity contribution in [2.45, 2.75) is 25.0 Å². The normalized spacial score (nSPS) is 27.6. The van der Waals surface area contributed by atoms with Gasteiger partial charge in [-0.25, -0.2) is 0 Å². The molecule has 14 heavy (non-hydrogen) atoms. The Morgan fingerprint density at radius 1 is 1.29 bits per heavy atom. The Balaban J connectivity index is 2.10. The summed E-state index contributed by atoms with van der Waals surface area (Å²) in [6.45, 7) is 0.665. The fraction of sp³-hybridized carbons (Fsp3) is 0.455. The highest BCUT2D eigenvalue weighted by Crippen LogP contribution is 2.28. The third-order valence-corrected chi connectivity index (χ3v) is 3.22. The molecule has 1 saturated heterocycles. The van der Waals surface area contributed by atoms with E-state index in [9.17, 15) is 5.11 Å². The smallest absolute Gasteiger partial charge is 0.0849 e. The lowest BCUT2D eigenvalue weighted by atomic mass is 10.00. The Bertz CT molecular complexity index is 297. The van der Waals surface area contributed by atoms with Gasteiger partial charge >= 0.3 is 0 Å². The van der Waals surface area contributed by atoms with Crippen LogP contribution in [-0.2, 0) is 4.74 Å². The molecule has 0 spiro atoms. The van der Waals surface area contributed by atoms with Gasteiger partial charge in [-0.15, -0.1) is 0 Å². The number of aliphatic hydroxyl groups is 1. The van der Waals surface area contributed by atoms with Gasteiger partial charge in [0.2, 0.25) is 0 Å². The number of hydrogen-bond acceptors (Lipinski definition) is 2. The van der Waals surface area contributed by atoms with Crippen LogP contribution in [0, 0.1) is 3.57 Å². The Labute approximate surface area is 97.4 Å². The summed E-state index contributed by atoms with van der Waals surface area (Å²) in [4.78, 5) is 0. The van der Waals surface area contributed by atoms with Crippen LogP contribution in [0.3, 0.4) is 0 Å². The summed E-state index contributed by atoms with van der Waals surface area (Å²) in [5.41, 5.74) is 1.17. The van der Waals surface area contributed by atoms with E-state index < -0.39 is 0 Å². The molecule has 1 aliphatic heterocycles. The van der Waals surface area contributed by atoms with E-state index in [-0.39, 0.29) is 12.2 Å². The van der Waals surface area contributed by atoms with E-state index in [2.05, 4.69) is 46.9 Å². The highest BCUT2D eigenvalue weighted by Gasteiger charge is 2.21. The van der Waals surface area contributed by atoms with Crippen LogP contribution in [0.2, 0.25) is 0 Å². The first-order chi connectivity index (χ1) is 6.75. The van der Waals surface area contributed by atoms with Crippen molar-refractivity contribution in [1.82, 2.24) is 0 Å². The fourth-order valence-electron chi connectivity index (χ4n) is 1.69. The lowest BCUT2D eigenvalue weighted by molar-refractivity contribution is -0.0447. The third kappa shape index (κ3) is 2.46. The van der Waals surface area contributed by atoms with Crippen LogP contribution in [0.1, 0.15) is 24.5 Å². The molecule has 0 aromatic heterocycles. The van der Waals surface area contributed by atoms with E-state index in [1.165, 1.54) is 9.13 Å². The average Bonchev–Trinajstić information content (AvgIpc) is 2.19. The molecule has 1 fully saturated rings. The first kappa shape index (κ1) is 10.4. The highest BCUT2D eigenvalue weighted by molar-refractivity contribution is 14.1. The standard InChI is InChI=1S/C11H13IO2/c12-9-3-1-8(2-4-9)11-7-10(13)5-6-14-11/h1-4,10-11,13H,5-7H2. The van der Waals surface area contributed by atoms with Gasteiger partial charge in [-0.05, 0) is 46.7 Å². The molecule has 0 amide bonds. The molecule has 1 N–H and O–H groups in total. The molecule has 1 aromatic carbocycles. The number of hydrogen-bond donors (Lipinski definition) is 1. The number of ether oxygens (including phenoxy) is 1. The van der Waals surface area contributed by atoms with Gasteiger partial charge in [0.05, 0.1) is 12.2 Å². The van der Waals surface area contributed by atoms with E-state index in [1.807, 2.05) is 0 Å². The number of aliphatic hydroxyl groups excluding tert-OH is 1. The Hall–Kier alpha value is -0.130. The van der Waals surface area contributed by atoms with Gasteiger partial charge in [-0.2, -0.15) is 0 Å². The highest BCUT2D eigenvalue weighted by atomic mass is 127. The van der Waals surface area contributed by atoms with Gasteiger partial charge in [0.1, 0.15) is 0 Å². The molecule has 0 aliphatic carbocycles. The van der Waals surface area contributed by atoms with Gasteiger partial charge in [0, 0.05) is 16.6 Å². The van der Waals surface area contributed by atoms with Crippen LogP contribution in [0.15, 0.2) is 24.3 Å². The molecule has 3 heteroatoms. The molecular weight excluding hydrogens is 291 g/mol. The van der Waals surface area contributed by atoms with Crippen molar-refractivity contribution in [2.75, 3.05) is 6.61 Å². The molecule has 76 valence electrons. The van der Waals surface area contributed by atoms with Crippen LogP contribution in [0.25, 0.3) is 0 Å². The zero-order valence-electron chi connectivity index (χ0n) is 7.82. The second kappa shape index (κ2) is 4.59. The quantitative estimate of drug-likeness (QED) is 0.808. The molecule has 2 atom stereocenters. The van der Waals surface area contributed by atoms with Crippen LogP contribution in [-0.4, -0.2) is 17.8 Å². The lowest BCUT2D eigenvalue weighted by Crippen LogP contribution is -2.23. The van der Waals surface area contributed by atoms with Crippen molar-refractivity contribution >= 4 is 22.6 Å². The summed E-state index contributed by atoms with van der Waals surface area (Å²) < 4.78 is 6.84. The van der Waals surface area contributed by atoms with Crippen LogP contribution >= 0.6 is 22.6 Å². The summed E-state index contributed by atoms with van der Waals surface area (Å²) in [6, 6.07) is 8.29. The molecule has 2 nitrogen and oxygen atoms in total. The van der Waals surface area contributed by atoms with E-state index in [0.717, 1.165) is 12.8 Å². The van der Waals surface area contributed by atoms with Gasteiger partial charge in [-0.3, -0.25) is 0 Å². The molecule has 2 rings (SSSR count). The molecule has 0 saturated carbocycles. The minimum Gasteiger partial charge on any atom is -0.393 e. The minimum atomic E-state index is -0.201. The van der Waals surface area contributed by atoms with Crippen molar-refractivity contribution in [3.8, 4) is 0 Å². The molecule has 1 heterocycles. The maximum Gasteiger partial charge on any atom is 0.0849 e. The topological polar surface area (TPSA) is 29.5 Å². The molecule has 1 aromatic rings. The predicted octanol–water partition coefficient (Wildman–Crippen LogP) is 2.50. The minimum absolute atomic E-state index is 0.0794. The van der Waals surface area contributed by atoms with Crippen molar-refractivity contribution in [1.29, 1.82) is 0 Å². The number of benzene rings is 1. The molecule has 1 aliphatic rings. The van der Waals surface area contributed by atoms with Gasteiger partial charge < -0.3 is 9.84 Å². The summed E-state index contributed by atoms with van der Waals surface area (Å²) >= 11 is 2.28. The third-order valence-electron chi connectivity index (χ3n) is 2.50. The molecule has 0 radical (unpaired) electrons. The second-order valence-corrected chi connectivity index (χ2v) is 4.83. The Morgan fingerprint density at radius 2 is 2.00 bits per heavy atom. The largest absolute Gasteiger partial charge is 0.393 e. The summed E-state index contributed by atoms with van der Waals surface area (Å²) in [5.74, 6) is 0. The van der Waals surface area contributed by atoms with E-state index in [0.29, 0.717) is 6.61 Å². The first-order valence-corrected chi connectivity index (χ1v) is 5.89. The fourth-order valence-corrected chi connectivity index (χ4v) is 2.05. The Kier molecular flexibility index (Phi) is 3.41. The van der Waals surface area contributed by atoms with Gasteiger partial charge in [-0.1, -0.05) is 12.1 Å². The van der Waals surface area contributed by atoms with Crippen molar-refractivity contribution in [3.05, 3.63) is 33.4 Å². The van der Waals surface area contributed by atoms with Crippen LogP contribution < -0.4 is 0 Å². The zero-order chi connectivity index (χ0) is 9.97. The summed E-state index contributed by atoms with van der Waals surface area (Å²) in [7, 11) is 0.